The van der Waals surface area contributed by atoms with Crippen LogP contribution < -0.4 is 16.0 Å². The Bertz CT molecular complexity index is 638. The molecule has 2 amide bonds. The summed E-state index contributed by atoms with van der Waals surface area (Å²) in [5, 5.41) is 17.6. The lowest BCUT2D eigenvalue weighted by Gasteiger charge is -2.10. The highest BCUT2D eigenvalue weighted by atomic mass is 16.2. The van der Waals surface area contributed by atoms with Gasteiger partial charge in [-0.15, -0.1) is 0 Å². The summed E-state index contributed by atoms with van der Waals surface area (Å²) in [6.45, 7) is 1.43. The number of rotatable bonds is 5. The third kappa shape index (κ3) is 5.15. The van der Waals surface area contributed by atoms with Crippen LogP contribution in [0.15, 0.2) is 36.0 Å². The van der Waals surface area contributed by atoms with E-state index < -0.39 is 5.91 Å². The van der Waals surface area contributed by atoms with Crippen molar-refractivity contribution in [3.63, 3.8) is 0 Å². The Kier molecular flexibility index (Phi) is 5.75. The molecule has 6 nitrogen and oxygen atoms in total. The lowest BCUT2D eigenvalue weighted by molar-refractivity contribution is -0.114. The zero-order valence-corrected chi connectivity index (χ0v) is 13.1. The zero-order chi connectivity index (χ0) is 16.7. The number of hydrogen-bond donors (Lipinski definition) is 3. The van der Waals surface area contributed by atoms with Crippen molar-refractivity contribution < 1.29 is 9.59 Å². The first-order valence-electron chi connectivity index (χ1n) is 7.64. The molecular weight excluding hydrogens is 292 g/mol. The lowest BCUT2D eigenvalue weighted by atomic mass is 10.2. The number of nitrogens with one attached hydrogen (secondary N) is 3. The van der Waals surface area contributed by atoms with Gasteiger partial charge in [-0.25, -0.2) is 0 Å². The summed E-state index contributed by atoms with van der Waals surface area (Å²) in [6.07, 6.45) is 6.00. The standard InChI is InChI=1S/C17H20N4O2/c1-12(22)20-15-6-8-16(9-7-15)21-17(23)13(10-18)11-19-14-4-2-3-5-14/h6-9,11,14,19H,2-5H2,1H3,(H,20,22)(H,21,23)/b13-11-. The van der Waals surface area contributed by atoms with Gasteiger partial charge in [0.05, 0.1) is 0 Å². The summed E-state index contributed by atoms with van der Waals surface area (Å²) < 4.78 is 0. The van der Waals surface area contributed by atoms with Crippen molar-refractivity contribution in [2.24, 2.45) is 0 Å². The monoisotopic (exact) mass is 312 g/mol. The van der Waals surface area contributed by atoms with Gasteiger partial charge in [0.15, 0.2) is 0 Å². The Morgan fingerprint density at radius 2 is 1.70 bits per heavy atom. The first-order valence-corrected chi connectivity index (χ1v) is 7.64. The quantitative estimate of drug-likeness (QED) is 0.575. The molecule has 1 saturated carbocycles. The van der Waals surface area contributed by atoms with E-state index in [0.717, 1.165) is 12.8 Å². The second kappa shape index (κ2) is 7.99. The molecule has 0 radical (unpaired) electrons. The molecule has 1 aliphatic rings. The summed E-state index contributed by atoms with van der Waals surface area (Å²) in [5.41, 5.74) is 1.25. The van der Waals surface area contributed by atoms with Gasteiger partial charge in [-0.05, 0) is 37.1 Å². The molecule has 0 aliphatic heterocycles. The van der Waals surface area contributed by atoms with Crippen molar-refractivity contribution in [3.05, 3.63) is 36.0 Å². The van der Waals surface area contributed by atoms with Gasteiger partial charge in [0.1, 0.15) is 11.6 Å². The molecule has 0 aromatic heterocycles. The molecule has 1 fully saturated rings. The molecule has 3 N–H and O–H groups in total. The number of hydrogen-bond acceptors (Lipinski definition) is 4. The molecule has 2 rings (SSSR count). The summed E-state index contributed by atoms with van der Waals surface area (Å²) >= 11 is 0. The van der Waals surface area contributed by atoms with Crippen molar-refractivity contribution in [1.29, 1.82) is 5.26 Å². The van der Waals surface area contributed by atoms with Gasteiger partial charge >= 0.3 is 0 Å². The minimum atomic E-state index is -0.453. The maximum Gasteiger partial charge on any atom is 0.267 e. The van der Waals surface area contributed by atoms with E-state index in [2.05, 4.69) is 16.0 Å². The maximum atomic E-state index is 12.1. The Morgan fingerprint density at radius 3 is 2.22 bits per heavy atom. The largest absolute Gasteiger partial charge is 0.387 e. The van der Waals surface area contributed by atoms with E-state index in [4.69, 9.17) is 5.26 Å². The summed E-state index contributed by atoms with van der Waals surface area (Å²) in [7, 11) is 0. The number of carbonyl (C=O) groups excluding carboxylic acids is 2. The first-order chi connectivity index (χ1) is 11.1. The van der Waals surface area contributed by atoms with Crippen molar-refractivity contribution in [1.82, 2.24) is 5.32 Å². The van der Waals surface area contributed by atoms with E-state index in [0.29, 0.717) is 17.4 Å². The minimum Gasteiger partial charge on any atom is -0.387 e. The van der Waals surface area contributed by atoms with E-state index in [1.165, 1.54) is 26.0 Å². The summed E-state index contributed by atoms with van der Waals surface area (Å²) in [4.78, 5) is 23.1. The molecule has 6 heteroatoms. The van der Waals surface area contributed by atoms with E-state index in [-0.39, 0.29) is 11.5 Å². The van der Waals surface area contributed by atoms with Crippen LogP contribution in [0.4, 0.5) is 11.4 Å². The van der Waals surface area contributed by atoms with E-state index in [9.17, 15) is 9.59 Å². The first kappa shape index (κ1) is 16.6. The van der Waals surface area contributed by atoms with Gasteiger partial charge in [0.25, 0.3) is 5.91 Å². The second-order valence-corrected chi connectivity index (χ2v) is 5.53. The average molecular weight is 312 g/mol. The van der Waals surface area contributed by atoms with Crippen LogP contribution in [0.1, 0.15) is 32.6 Å². The van der Waals surface area contributed by atoms with E-state index in [1.807, 2.05) is 6.07 Å². The van der Waals surface area contributed by atoms with Crippen molar-refractivity contribution in [2.45, 2.75) is 38.6 Å². The van der Waals surface area contributed by atoms with Crippen molar-refractivity contribution in [3.8, 4) is 6.07 Å². The third-order valence-corrected chi connectivity index (χ3v) is 3.65. The fourth-order valence-electron chi connectivity index (χ4n) is 2.48. The van der Waals surface area contributed by atoms with E-state index >= 15 is 0 Å². The smallest absolute Gasteiger partial charge is 0.267 e. The Labute approximate surface area is 135 Å². The van der Waals surface area contributed by atoms with Crippen LogP contribution in [-0.2, 0) is 9.59 Å². The van der Waals surface area contributed by atoms with Crippen LogP contribution in [0.25, 0.3) is 0 Å². The van der Waals surface area contributed by atoms with Gasteiger partial charge in [0, 0.05) is 30.5 Å². The lowest BCUT2D eigenvalue weighted by Crippen LogP contribution is -2.23. The zero-order valence-electron chi connectivity index (χ0n) is 13.1. The van der Waals surface area contributed by atoms with Crippen LogP contribution in [0, 0.1) is 11.3 Å². The average Bonchev–Trinajstić information content (AvgIpc) is 3.03. The van der Waals surface area contributed by atoms with Crippen LogP contribution in [0.3, 0.4) is 0 Å². The van der Waals surface area contributed by atoms with Gasteiger partial charge in [-0.3, -0.25) is 9.59 Å². The molecule has 0 atom stereocenters. The molecule has 0 bridgehead atoms. The molecule has 1 aromatic carbocycles. The third-order valence-electron chi connectivity index (χ3n) is 3.65. The number of anilines is 2. The summed E-state index contributed by atoms with van der Waals surface area (Å²) in [5.74, 6) is -0.611. The fourth-order valence-corrected chi connectivity index (χ4v) is 2.48. The number of carbonyl (C=O) groups is 2. The number of benzene rings is 1. The van der Waals surface area contributed by atoms with Crippen LogP contribution in [-0.4, -0.2) is 17.9 Å². The normalized spacial score (nSPS) is 14.9. The van der Waals surface area contributed by atoms with Crippen molar-refractivity contribution >= 4 is 23.2 Å². The molecule has 23 heavy (non-hydrogen) atoms. The topological polar surface area (TPSA) is 94.0 Å². The molecule has 1 aliphatic carbocycles. The highest BCUT2D eigenvalue weighted by Crippen LogP contribution is 2.18. The molecule has 1 aromatic rings. The van der Waals surface area contributed by atoms with Crippen LogP contribution >= 0.6 is 0 Å². The van der Waals surface area contributed by atoms with Gasteiger partial charge in [-0.1, -0.05) is 12.8 Å². The van der Waals surface area contributed by atoms with Gasteiger partial charge in [0.2, 0.25) is 5.91 Å². The second-order valence-electron chi connectivity index (χ2n) is 5.53. The highest BCUT2D eigenvalue weighted by molar-refractivity contribution is 6.06. The SMILES string of the molecule is CC(=O)Nc1ccc(NC(=O)/C(C#N)=C\NC2CCCC2)cc1. The number of nitriles is 1. The molecular formula is C17H20N4O2. The molecule has 120 valence electrons. The molecule has 0 spiro atoms. The Morgan fingerprint density at radius 1 is 1.13 bits per heavy atom. The van der Waals surface area contributed by atoms with Crippen molar-refractivity contribution in [2.75, 3.05) is 10.6 Å². The molecule has 0 heterocycles. The number of nitrogens with zero attached hydrogens (tertiary/aromatic N) is 1. The highest BCUT2D eigenvalue weighted by Gasteiger charge is 2.15. The van der Waals surface area contributed by atoms with E-state index in [1.54, 1.807) is 24.3 Å². The predicted molar refractivity (Wildman–Crippen MR) is 88.5 cm³/mol. The van der Waals surface area contributed by atoms with Gasteiger partial charge < -0.3 is 16.0 Å². The predicted octanol–water partition coefficient (Wildman–Crippen LogP) is 2.52. The Hall–Kier alpha value is -2.81. The minimum absolute atomic E-state index is 0.0443. The van der Waals surface area contributed by atoms with Crippen LogP contribution in [0.5, 0.6) is 0 Å². The summed E-state index contributed by atoms with van der Waals surface area (Å²) in [6, 6.07) is 8.97. The fraction of sp³-hybridized carbons (Fsp3) is 0.353. The number of amides is 2. The maximum absolute atomic E-state index is 12.1. The van der Waals surface area contributed by atoms with Gasteiger partial charge in [-0.2, -0.15) is 5.26 Å². The van der Waals surface area contributed by atoms with Crippen LogP contribution in [0.2, 0.25) is 0 Å². The Balaban J connectivity index is 1.94. The molecule has 0 saturated heterocycles. The molecule has 0 unspecified atom stereocenters.